The Morgan fingerprint density at radius 2 is 1.95 bits per heavy atom. The van der Waals surface area contributed by atoms with Gasteiger partial charge in [0.25, 0.3) is 5.19 Å². The van der Waals surface area contributed by atoms with Crippen molar-refractivity contribution in [3.8, 4) is 5.19 Å². The van der Waals surface area contributed by atoms with Gasteiger partial charge in [-0.05, 0) is 0 Å². The lowest BCUT2D eigenvalue weighted by Crippen LogP contribution is -2.35. The number of ether oxygens (including phenoxy) is 1. The van der Waals surface area contributed by atoms with Crippen LogP contribution in [0.4, 0.5) is 0 Å². The SMILES string of the molecule is CC(C)NCC(O)COc1nccs1.O=C(O)/C=C\C(=O)O. The third kappa shape index (κ3) is 13.0. The predicted molar refractivity (Wildman–Crippen MR) is 81.2 cm³/mol. The summed E-state index contributed by atoms with van der Waals surface area (Å²) in [5.41, 5.74) is 0. The maximum atomic E-state index is 9.55. The molecule has 9 heteroatoms. The number of carboxylic acid groups (broad SMARTS) is 2. The molecule has 0 aliphatic heterocycles. The van der Waals surface area contributed by atoms with E-state index in [9.17, 15) is 14.7 Å². The van der Waals surface area contributed by atoms with E-state index in [1.54, 1.807) is 6.20 Å². The van der Waals surface area contributed by atoms with Gasteiger partial charge in [-0.3, -0.25) is 0 Å². The number of carboxylic acids is 2. The van der Waals surface area contributed by atoms with E-state index in [-0.39, 0.29) is 6.61 Å². The van der Waals surface area contributed by atoms with E-state index in [1.165, 1.54) is 11.3 Å². The van der Waals surface area contributed by atoms with Crippen molar-refractivity contribution < 1.29 is 29.6 Å². The van der Waals surface area contributed by atoms with Gasteiger partial charge in [-0.2, -0.15) is 0 Å². The number of aliphatic hydroxyl groups is 1. The highest BCUT2D eigenvalue weighted by Crippen LogP contribution is 2.13. The second kappa shape index (κ2) is 11.7. The first kappa shape index (κ1) is 20.0. The molecule has 0 fully saturated rings. The molecule has 1 heterocycles. The molecule has 1 atom stereocenters. The van der Waals surface area contributed by atoms with Crippen molar-refractivity contribution in [1.29, 1.82) is 0 Å². The van der Waals surface area contributed by atoms with Crippen LogP contribution in [0, 0.1) is 0 Å². The van der Waals surface area contributed by atoms with E-state index in [2.05, 4.69) is 10.3 Å². The molecular weight excluding hydrogens is 312 g/mol. The molecule has 0 amide bonds. The summed E-state index contributed by atoms with van der Waals surface area (Å²) in [6, 6.07) is 0.379. The normalized spacial score (nSPS) is 11.8. The molecule has 0 bridgehead atoms. The van der Waals surface area contributed by atoms with Crippen molar-refractivity contribution in [1.82, 2.24) is 10.3 Å². The van der Waals surface area contributed by atoms with Gasteiger partial charge in [0.2, 0.25) is 0 Å². The van der Waals surface area contributed by atoms with Crippen LogP contribution in [0.25, 0.3) is 0 Å². The number of hydrogen-bond acceptors (Lipinski definition) is 7. The van der Waals surface area contributed by atoms with Crippen molar-refractivity contribution in [3.05, 3.63) is 23.7 Å². The van der Waals surface area contributed by atoms with Gasteiger partial charge in [0.05, 0.1) is 0 Å². The topological polar surface area (TPSA) is 129 Å². The van der Waals surface area contributed by atoms with Gasteiger partial charge in [-0.1, -0.05) is 25.2 Å². The minimum absolute atomic E-state index is 0.285. The summed E-state index contributed by atoms with van der Waals surface area (Å²) in [7, 11) is 0. The number of rotatable bonds is 8. The fourth-order valence-corrected chi connectivity index (χ4v) is 1.52. The highest BCUT2D eigenvalue weighted by Gasteiger charge is 2.06. The number of aliphatic hydroxyl groups excluding tert-OH is 1. The van der Waals surface area contributed by atoms with Crippen molar-refractivity contribution in [3.63, 3.8) is 0 Å². The molecule has 8 nitrogen and oxygen atoms in total. The Labute approximate surface area is 132 Å². The van der Waals surface area contributed by atoms with E-state index < -0.39 is 18.0 Å². The molecule has 0 aliphatic rings. The first-order chi connectivity index (χ1) is 10.3. The fraction of sp³-hybridized carbons (Fsp3) is 0.462. The van der Waals surface area contributed by atoms with Gasteiger partial charge in [-0.15, -0.1) is 0 Å². The largest absolute Gasteiger partial charge is 0.478 e. The maximum absolute atomic E-state index is 9.55. The van der Waals surface area contributed by atoms with Crippen LogP contribution in [-0.2, 0) is 9.59 Å². The Balaban J connectivity index is 0.000000472. The second-order valence-electron chi connectivity index (χ2n) is 4.34. The zero-order chi connectivity index (χ0) is 17.0. The van der Waals surface area contributed by atoms with E-state index in [0.717, 1.165) is 0 Å². The molecule has 22 heavy (non-hydrogen) atoms. The Morgan fingerprint density at radius 3 is 2.36 bits per heavy atom. The molecule has 0 radical (unpaired) electrons. The van der Waals surface area contributed by atoms with Crippen LogP contribution in [0.15, 0.2) is 23.7 Å². The Morgan fingerprint density at radius 1 is 1.36 bits per heavy atom. The third-order valence-electron chi connectivity index (χ3n) is 1.94. The first-order valence-corrected chi connectivity index (χ1v) is 7.27. The van der Waals surface area contributed by atoms with Gasteiger partial charge in [-0.25, -0.2) is 14.6 Å². The van der Waals surface area contributed by atoms with Crippen LogP contribution >= 0.6 is 11.3 Å². The average molecular weight is 332 g/mol. The molecule has 0 spiro atoms. The fourth-order valence-electron chi connectivity index (χ4n) is 1.02. The summed E-state index contributed by atoms with van der Waals surface area (Å²) < 4.78 is 5.26. The van der Waals surface area contributed by atoms with Gasteiger partial charge in [0.1, 0.15) is 12.7 Å². The molecule has 0 aliphatic carbocycles. The van der Waals surface area contributed by atoms with Crippen LogP contribution < -0.4 is 10.1 Å². The second-order valence-corrected chi connectivity index (χ2v) is 5.19. The van der Waals surface area contributed by atoms with Crippen LogP contribution in [0.2, 0.25) is 0 Å². The standard InChI is InChI=1S/C9H16N2O2S.C4H4O4/c1-7(2)11-5-8(12)6-13-9-10-3-4-14-9;5-3(6)1-2-4(7)8/h3-4,7-8,11-12H,5-6H2,1-2H3;1-2H,(H,5,6)(H,7,8)/b;2-1-. The highest BCUT2D eigenvalue weighted by molar-refractivity contribution is 7.11. The number of nitrogens with zero attached hydrogens (tertiary/aromatic N) is 1. The lowest BCUT2D eigenvalue weighted by atomic mass is 10.3. The van der Waals surface area contributed by atoms with Crippen molar-refractivity contribution in [2.24, 2.45) is 0 Å². The molecule has 1 aromatic heterocycles. The molecule has 124 valence electrons. The number of aromatic nitrogens is 1. The molecule has 1 rings (SSSR count). The van der Waals surface area contributed by atoms with Gasteiger partial charge < -0.3 is 25.4 Å². The number of carbonyl (C=O) groups is 2. The highest BCUT2D eigenvalue weighted by atomic mass is 32.1. The van der Waals surface area contributed by atoms with Gasteiger partial charge >= 0.3 is 11.9 Å². The molecular formula is C13H20N2O6S. The van der Waals surface area contributed by atoms with Gasteiger partial charge in [0.15, 0.2) is 0 Å². The first-order valence-electron chi connectivity index (χ1n) is 6.39. The Bertz CT molecular complexity index is 445. The third-order valence-corrected chi connectivity index (χ3v) is 2.62. The average Bonchev–Trinajstić information content (AvgIpc) is 2.94. The van der Waals surface area contributed by atoms with Gasteiger partial charge in [0, 0.05) is 36.3 Å². The maximum Gasteiger partial charge on any atom is 0.328 e. The van der Waals surface area contributed by atoms with Crippen molar-refractivity contribution in [2.75, 3.05) is 13.2 Å². The monoisotopic (exact) mass is 332 g/mol. The molecule has 0 aromatic carbocycles. The lowest BCUT2D eigenvalue weighted by Gasteiger charge is -2.13. The summed E-state index contributed by atoms with van der Waals surface area (Å²) in [5, 5.41) is 30.7. The molecule has 1 unspecified atom stereocenters. The molecule has 1 aromatic rings. The summed E-state index contributed by atoms with van der Waals surface area (Å²) in [6.07, 6.45) is 2.31. The molecule has 0 saturated carbocycles. The molecule has 0 saturated heterocycles. The van der Waals surface area contributed by atoms with Crippen LogP contribution in [0.5, 0.6) is 5.19 Å². The van der Waals surface area contributed by atoms with E-state index in [1.807, 2.05) is 19.2 Å². The lowest BCUT2D eigenvalue weighted by molar-refractivity contribution is -0.134. The molecule has 4 N–H and O–H groups in total. The van der Waals surface area contributed by atoms with E-state index in [4.69, 9.17) is 14.9 Å². The Hall–Kier alpha value is -1.97. The van der Waals surface area contributed by atoms with Crippen molar-refractivity contribution >= 4 is 23.3 Å². The summed E-state index contributed by atoms with van der Waals surface area (Å²) in [5.74, 6) is -2.51. The Kier molecular flexibility index (Phi) is 10.6. The zero-order valence-electron chi connectivity index (χ0n) is 12.3. The van der Waals surface area contributed by atoms with Crippen molar-refractivity contribution in [2.45, 2.75) is 26.0 Å². The number of hydrogen-bond donors (Lipinski definition) is 4. The summed E-state index contributed by atoms with van der Waals surface area (Å²) >= 11 is 1.42. The number of nitrogens with one attached hydrogen (secondary N) is 1. The van der Waals surface area contributed by atoms with Crippen LogP contribution in [0.3, 0.4) is 0 Å². The summed E-state index contributed by atoms with van der Waals surface area (Å²) in [4.78, 5) is 23.1. The predicted octanol–water partition coefficient (Wildman–Crippen LogP) is 0.593. The summed E-state index contributed by atoms with van der Waals surface area (Å²) in [6.45, 7) is 4.90. The minimum Gasteiger partial charge on any atom is -0.478 e. The minimum atomic E-state index is -1.26. The quantitative estimate of drug-likeness (QED) is 0.509. The zero-order valence-corrected chi connectivity index (χ0v) is 13.1. The van der Waals surface area contributed by atoms with E-state index in [0.29, 0.717) is 29.9 Å². The number of aliphatic carboxylic acids is 2. The number of thiazole rings is 1. The van der Waals surface area contributed by atoms with Crippen LogP contribution in [-0.4, -0.2) is 57.5 Å². The van der Waals surface area contributed by atoms with E-state index >= 15 is 0 Å². The smallest absolute Gasteiger partial charge is 0.328 e. The van der Waals surface area contributed by atoms with Crippen LogP contribution in [0.1, 0.15) is 13.8 Å².